The van der Waals surface area contributed by atoms with E-state index < -0.39 is 29.1 Å². The molecule has 0 aliphatic heterocycles. The van der Waals surface area contributed by atoms with E-state index in [1.807, 2.05) is 6.08 Å². The van der Waals surface area contributed by atoms with Gasteiger partial charge in [-0.1, -0.05) is 38.0 Å². The van der Waals surface area contributed by atoms with Crippen molar-refractivity contribution in [1.29, 1.82) is 0 Å². The van der Waals surface area contributed by atoms with Crippen molar-refractivity contribution in [3.05, 3.63) is 65.0 Å². The summed E-state index contributed by atoms with van der Waals surface area (Å²) in [5.74, 6) is -4.61. The second kappa shape index (κ2) is 8.52. The normalized spacial score (nSPS) is 24.6. The Morgan fingerprint density at radius 3 is 1.90 bits per heavy atom. The fraction of sp³-hybridized carbons (Fsp3) is 0.440. The molecule has 2 aliphatic carbocycles. The zero-order chi connectivity index (χ0) is 21.4. The van der Waals surface area contributed by atoms with Crippen LogP contribution in [0.5, 0.6) is 0 Å². The third-order valence-corrected chi connectivity index (χ3v) is 6.90. The van der Waals surface area contributed by atoms with Crippen LogP contribution in [-0.4, -0.2) is 0 Å². The molecule has 1 fully saturated rings. The number of allylic oxidation sites excluding steroid dienone is 2. The molecule has 0 spiro atoms. The highest BCUT2D eigenvalue weighted by Gasteiger charge is 2.28. The molecule has 160 valence electrons. The van der Waals surface area contributed by atoms with Gasteiger partial charge < -0.3 is 0 Å². The summed E-state index contributed by atoms with van der Waals surface area (Å²) in [4.78, 5) is 0. The van der Waals surface area contributed by atoms with E-state index in [0.717, 1.165) is 24.3 Å². The molecular weight excluding hydrogens is 395 g/mol. The van der Waals surface area contributed by atoms with Crippen molar-refractivity contribution in [3.63, 3.8) is 0 Å². The van der Waals surface area contributed by atoms with Crippen molar-refractivity contribution in [3.8, 4) is 11.1 Å². The first-order chi connectivity index (χ1) is 14.3. The summed E-state index contributed by atoms with van der Waals surface area (Å²) in [7, 11) is 0. The van der Waals surface area contributed by atoms with Crippen molar-refractivity contribution < 1.29 is 22.0 Å². The first-order valence-electron chi connectivity index (χ1n) is 10.7. The number of hydrogen-bond donors (Lipinski definition) is 0. The Hall–Kier alpha value is -2.17. The van der Waals surface area contributed by atoms with Gasteiger partial charge in [-0.05, 0) is 73.1 Å². The molecule has 5 heteroatoms. The van der Waals surface area contributed by atoms with Crippen LogP contribution < -0.4 is 0 Å². The predicted octanol–water partition coefficient (Wildman–Crippen LogP) is 8.06. The molecule has 0 nitrogen and oxygen atoms in total. The zero-order valence-corrected chi connectivity index (χ0v) is 17.0. The smallest absolute Gasteiger partial charge is 0.194 e. The average Bonchev–Trinajstić information content (AvgIpc) is 2.74. The van der Waals surface area contributed by atoms with E-state index in [1.54, 1.807) is 0 Å². The lowest BCUT2D eigenvalue weighted by Gasteiger charge is -2.34. The summed E-state index contributed by atoms with van der Waals surface area (Å²) in [6.45, 7) is 2.30. The molecule has 0 aromatic heterocycles. The van der Waals surface area contributed by atoms with Crippen LogP contribution in [-0.2, 0) is 0 Å². The topological polar surface area (TPSA) is 0 Å². The molecule has 2 aromatic carbocycles. The van der Waals surface area contributed by atoms with E-state index in [-0.39, 0.29) is 16.7 Å². The molecule has 0 amide bonds. The zero-order valence-electron chi connectivity index (χ0n) is 17.0. The number of rotatable bonds is 3. The minimum Gasteiger partial charge on any atom is -0.204 e. The summed E-state index contributed by atoms with van der Waals surface area (Å²) in [6.07, 6.45) is 9.56. The second-order valence-corrected chi connectivity index (χ2v) is 8.83. The van der Waals surface area contributed by atoms with Crippen LogP contribution in [0.1, 0.15) is 57.4 Å². The van der Waals surface area contributed by atoms with Gasteiger partial charge in [-0.25, -0.2) is 22.0 Å². The lowest BCUT2D eigenvalue weighted by Crippen LogP contribution is -2.22. The van der Waals surface area contributed by atoms with Crippen LogP contribution in [0.25, 0.3) is 16.7 Å². The Kier molecular flexibility index (Phi) is 5.99. The van der Waals surface area contributed by atoms with Crippen LogP contribution in [0.4, 0.5) is 22.0 Å². The minimum atomic E-state index is -1.63. The Balaban J connectivity index is 1.56. The first kappa shape index (κ1) is 21.1. The Labute approximate surface area is 173 Å². The third-order valence-electron chi connectivity index (χ3n) is 6.90. The Morgan fingerprint density at radius 2 is 1.30 bits per heavy atom. The van der Waals surface area contributed by atoms with Crippen molar-refractivity contribution in [2.45, 2.75) is 51.9 Å². The standard InChI is InChI=1S/C25H25F5/c1-14-2-4-15(5-3-14)16-6-8-17(9-7-16)19-10-11-20(24(29)23(19)28)18-12-21(26)25(30)22(27)13-18/h8,10-16H,2-7,9H2,1H3. The van der Waals surface area contributed by atoms with Gasteiger partial charge in [0.2, 0.25) is 0 Å². The molecule has 2 aliphatic rings. The predicted molar refractivity (Wildman–Crippen MR) is 108 cm³/mol. The van der Waals surface area contributed by atoms with Crippen LogP contribution in [0.2, 0.25) is 0 Å². The van der Waals surface area contributed by atoms with E-state index >= 15 is 0 Å². The molecule has 0 N–H and O–H groups in total. The van der Waals surface area contributed by atoms with Crippen molar-refractivity contribution >= 4 is 5.57 Å². The summed E-state index contributed by atoms with van der Waals surface area (Å²) in [5, 5.41) is 0. The van der Waals surface area contributed by atoms with Crippen molar-refractivity contribution in [1.82, 2.24) is 0 Å². The summed E-state index contributed by atoms with van der Waals surface area (Å²) in [5.41, 5.74) is 0.433. The maximum atomic E-state index is 14.8. The molecule has 4 rings (SSSR count). The van der Waals surface area contributed by atoms with Gasteiger partial charge in [-0.15, -0.1) is 0 Å². The van der Waals surface area contributed by atoms with Gasteiger partial charge in [0.05, 0.1) is 0 Å². The number of benzene rings is 2. The fourth-order valence-corrected chi connectivity index (χ4v) is 5.02. The van der Waals surface area contributed by atoms with Crippen molar-refractivity contribution in [2.75, 3.05) is 0 Å². The van der Waals surface area contributed by atoms with Gasteiger partial charge in [-0.2, -0.15) is 0 Å². The van der Waals surface area contributed by atoms with Gasteiger partial charge >= 0.3 is 0 Å². The molecule has 1 unspecified atom stereocenters. The first-order valence-corrected chi connectivity index (χ1v) is 10.7. The van der Waals surface area contributed by atoms with Crippen LogP contribution in [0.3, 0.4) is 0 Å². The highest BCUT2D eigenvalue weighted by molar-refractivity contribution is 5.72. The van der Waals surface area contributed by atoms with E-state index in [9.17, 15) is 22.0 Å². The van der Waals surface area contributed by atoms with Crippen LogP contribution >= 0.6 is 0 Å². The minimum absolute atomic E-state index is 0.190. The molecule has 0 heterocycles. The molecule has 1 saturated carbocycles. The number of hydrogen-bond acceptors (Lipinski definition) is 0. The van der Waals surface area contributed by atoms with E-state index in [4.69, 9.17) is 0 Å². The molecular formula is C25H25F5. The van der Waals surface area contributed by atoms with Gasteiger partial charge in [0.15, 0.2) is 29.1 Å². The molecule has 1 atom stereocenters. The highest BCUT2D eigenvalue weighted by atomic mass is 19.2. The number of halogens is 5. The van der Waals surface area contributed by atoms with E-state index in [0.29, 0.717) is 30.4 Å². The summed E-state index contributed by atoms with van der Waals surface area (Å²) in [6, 6.07) is 4.09. The van der Waals surface area contributed by atoms with Gasteiger partial charge in [-0.3, -0.25) is 0 Å². The molecule has 0 radical (unpaired) electrons. The Morgan fingerprint density at radius 1 is 0.700 bits per heavy atom. The monoisotopic (exact) mass is 420 g/mol. The van der Waals surface area contributed by atoms with E-state index in [1.165, 1.54) is 37.8 Å². The van der Waals surface area contributed by atoms with Gasteiger partial charge in [0.1, 0.15) is 0 Å². The quantitative estimate of drug-likeness (QED) is 0.348. The maximum Gasteiger partial charge on any atom is 0.194 e. The summed E-state index contributed by atoms with van der Waals surface area (Å²) < 4.78 is 69.7. The van der Waals surface area contributed by atoms with Crippen LogP contribution in [0.15, 0.2) is 30.3 Å². The second-order valence-electron chi connectivity index (χ2n) is 8.83. The Bertz CT molecular complexity index is 947. The van der Waals surface area contributed by atoms with Gasteiger partial charge in [0, 0.05) is 11.1 Å². The summed E-state index contributed by atoms with van der Waals surface area (Å²) >= 11 is 0. The van der Waals surface area contributed by atoms with Crippen molar-refractivity contribution in [2.24, 2.45) is 17.8 Å². The fourth-order valence-electron chi connectivity index (χ4n) is 5.02. The molecule has 2 aromatic rings. The lowest BCUT2D eigenvalue weighted by molar-refractivity contribution is 0.202. The van der Waals surface area contributed by atoms with Gasteiger partial charge in [0.25, 0.3) is 0 Å². The van der Waals surface area contributed by atoms with E-state index in [2.05, 4.69) is 6.92 Å². The van der Waals surface area contributed by atoms with Crippen LogP contribution in [0, 0.1) is 46.8 Å². The third kappa shape index (κ3) is 4.03. The molecule has 0 saturated heterocycles. The largest absolute Gasteiger partial charge is 0.204 e. The maximum absolute atomic E-state index is 14.8. The highest BCUT2D eigenvalue weighted by Crippen LogP contribution is 2.42. The SMILES string of the molecule is CC1CCC(C2CC=C(c3ccc(-c4cc(F)c(F)c(F)c4)c(F)c3F)CC2)CC1. The lowest BCUT2D eigenvalue weighted by atomic mass is 9.71. The molecule has 30 heavy (non-hydrogen) atoms. The molecule has 0 bridgehead atoms. The average molecular weight is 420 g/mol.